The van der Waals surface area contributed by atoms with E-state index in [-0.39, 0.29) is 12.2 Å². The summed E-state index contributed by atoms with van der Waals surface area (Å²) in [6.45, 7) is 0. The highest BCUT2D eigenvalue weighted by molar-refractivity contribution is 6.02. The lowest BCUT2D eigenvalue weighted by Crippen LogP contribution is -2.36. The average molecular weight is 281 g/mol. The smallest absolute Gasteiger partial charge is 0.307 e. The topological polar surface area (TPSA) is 73.9 Å². The highest BCUT2D eigenvalue weighted by Gasteiger charge is 2.22. The molecule has 1 rings (SSSR count). The molecular formula is C14H19NO5. The quantitative estimate of drug-likeness (QED) is 0.594. The van der Waals surface area contributed by atoms with Gasteiger partial charge in [-0.05, 0) is 25.2 Å². The number of likely N-dealkylation sites (N-methyl/N-ethyl adjacent to an activating group) is 1. The van der Waals surface area contributed by atoms with Gasteiger partial charge in [-0.25, -0.2) is 0 Å². The molecule has 0 aliphatic rings. The number of hydrogen-bond donors (Lipinski definition) is 1. The van der Waals surface area contributed by atoms with Crippen molar-refractivity contribution in [1.29, 1.82) is 0 Å². The minimum Gasteiger partial charge on any atom is -0.493 e. The normalized spacial score (nSPS) is 11.6. The molecular weight excluding hydrogens is 262 g/mol. The monoisotopic (exact) mass is 281 g/mol. The number of nitrogens with one attached hydrogen (secondary N) is 1. The number of hydrogen-bond acceptors (Lipinski definition) is 6. The predicted molar refractivity (Wildman–Crippen MR) is 73.4 cm³/mol. The van der Waals surface area contributed by atoms with Gasteiger partial charge in [0.15, 0.2) is 17.3 Å². The number of methoxy groups -OCH3 is 3. The lowest BCUT2D eigenvalue weighted by Gasteiger charge is -2.15. The Hall–Kier alpha value is -2.08. The van der Waals surface area contributed by atoms with Crippen molar-refractivity contribution >= 4 is 11.8 Å². The van der Waals surface area contributed by atoms with Crippen LogP contribution in [0, 0.1) is 0 Å². The van der Waals surface area contributed by atoms with E-state index < -0.39 is 12.0 Å². The Morgan fingerprint density at radius 1 is 1.15 bits per heavy atom. The van der Waals surface area contributed by atoms with Crippen LogP contribution in [0.15, 0.2) is 18.2 Å². The Kier molecular flexibility index (Phi) is 5.99. The summed E-state index contributed by atoms with van der Waals surface area (Å²) in [4.78, 5) is 23.6. The lowest BCUT2D eigenvalue weighted by molar-refractivity contribution is -0.140. The number of carbonyl (C=O) groups is 2. The summed E-state index contributed by atoms with van der Waals surface area (Å²) in [7, 11) is 5.92. The second-order valence-electron chi connectivity index (χ2n) is 4.06. The van der Waals surface area contributed by atoms with Crippen LogP contribution >= 0.6 is 0 Å². The number of ether oxygens (including phenoxy) is 3. The number of benzene rings is 1. The van der Waals surface area contributed by atoms with Gasteiger partial charge in [0.25, 0.3) is 0 Å². The first-order valence-electron chi connectivity index (χ1n) is 6.07. The SMILES string of the molecule is CNC(CC(=O)OC)C(=O)c1ccc(OC)c(OC)c1. The highest BCUT2D eigenvalue weighted by Crippen LogP contribution is 2.28. The maximum absolute atomic E-state index is 12.3. The summed E-state index contributed by atoms with van der Waals surface area (Å²) in [5, 5.41) is 2.81. The van der Waals surface area contributed by atoms with E-state index in [9.17, 15) is 9.59 Å². The Balaban J connectivity index is 2.97. The fourth-order valence-electron chi connectivity index (χ4n) is 1.77. The molecule has 1 N–H and O–H groups in total. The van der Waals surface area contributed by atoms with Crippen LogP contribution in [0.4, 0.5) is 0 Å². The van der Waals surface area contributed by atoms with E-state index in [0.29, 0.717) is 17.1 Å². The minimum atomic E-state index is -0.638. The number of rotatable bonds is 7. The number of esters is 1. The average Bonchev–Trinajstić information content (AvgIpc) is 2.50. The Bertz CT molecular complexity index is 486. The van der Waals surface area contributed by atoms with Gasteiger partial charge in [0.1, 0.15) is 0 Å². The van der Waals surface area contributed by atoms with Gasteiger partial charge in [0.05, 0.1) is 33.8 Å². The van der Waals surface area contributed by atoms with Gasteiger partial charge in [0, 0.05) is 5.56 Å². The van der Waals surface area contributed by atoms with Crippen LogP contribution in [0.25, 0.3) is 0 Å². The zero-order chi connectivity index (χ0) is 15.1. The van der Waals surface area contributed by atoms with E-state index in [4.69, 9.17) is 9.47 Å². The van der Waals surface area contributed by atoms with Gasteiger partial charge < -0.3 is 19.5 Å². The van der Waals surface area contributed by atoms with E-state index in [0.717, 1.165) is 0 Å². The van der Waals surface area contributed by atoms with Gasteiger partial charge >= 0.3 is 5.97 Å². The first-order valence-corrected chi connectivity index (χ1v) is 6.07. The molecule has 0 saturated carbocycles. The van der Waals surface area contributed by atoms with Crippen molar-refractivity contribution in [3.8, 4) is 11.5 Å². The molecule has 1 unspecified atom stereocenters. The third-order valence-electron chi connectivity index (χ3n) is 2.93. The van der Waals surface area contributed by atoms with Crippen molar-refractivity contribution in [2.45, 2.75) is 12.5 Å². The molecule has 0 aromatic heterocycles. The summed E-state index contributed by atoms with van der Waals surface area (Å²) in [6.07, 6.45) is -0.0276. The Labute approximate surface area is 118 Å². The van der Waals surface area contributed by atoms with Crippen LogP contribution in [0.2, 0.25) is 0 Å². The highest BCUT2D eigenvalue weighted by atomic mass is 16.5. The number of carbonyl (C=O) groups excluding carboxylic acids is 2. The molecule has 0 aliphatic heterocycles. The summed E-state index contributed by atoms with van der Waals surface area (Å²) in [5.74, 6) is 0.348. The van der Waals surface area contributed by atoms with Crippen molar-refractivity contribution in [3.63, 3.8) is 0 Å². The lowest BCUT2D eigenvalue weighted by atomic mass is 10.0. The van der Waals surface area contributed by atoms with Crippen LogP contribution < -0.4 is 14.8 Å². The largest absolute Gasteiger partial charge is 0.493 e. The van der Waals surface area contributed by atoms with Gasteiger partial charge in [-0.15, -0.1) is 0 Å². The first-order chi connectivity index (χ1) is 9.57. The molecule has 6 heteroatoms. The van der Waals surface area contributed by atoms with E-state index in [2.05, 4.69) is 10.1 Å². The second-order valence-corrected chi connectivity index (χ2v) is 4.06. The van der Waals surface area contributed by atoms with Crippen molar-refractivity contribution in [1.82, 2.24) is 5.32 Å². The van der Waals surface area contributed by atoms with Gasteiger partial charge in [-0.1, -0.05) is 0 Å². The zero-order valence-electron chi connectivity index (χ0n) is 12.1. The van der Waals surface area contributed by atoms with Crippen molar-refractivity contribution < 1.29 is 23.8 Å². The molecule has 0 fully saturated rings. The summed E-state index contributed by atoms with van der Waals surface area (Å²) >= 11 is 0. The fourth-order valence-corrected chi connectivity index (χ4v) is 1.77. The number of ketones is 1. The third kappa shape index (κ3) is 3.71. The van der Waals surface area contributed by atoms with E-state index >= 15 is 0 Å². The maximum atomic E-state index is 12.3. The first kappa shape index (κ1) is 16.0. The van der Waals surface area contributed by atoms with Crippen molar-refractivity contribution in [2.24, 2.45) is 0 Å². The molecule has 0 radical (unpaired) electrons. The second kappa shape index (κ2) is 7.49. The van der Waals surface area contributed by atoms with Gasteiger partial charge in [-0.2, -0.15) is 0 Å². The standard InChI is InChI=1S/C14H19NO5/c1-15-10(8-13(16)20-4)14(17)9-5-6-11(18-2)12(7-9)19-3/h5-7,10,15H,8H2,1-4H3. The van der Waals surface area contributed by atoms with E-state index in [1.807, 2.05) is 0 Å². The molecule has 0 spiro atoms. The van der Waals surface area contributed by atoms with Crippen molar-refractivity contribution in [3.05, 3.63) is 23.8 Å². The molecule has 20 heavy (non-hydrogen) atoms. The molecule has 0 heterocycles. The molecule has 0 saturated heterocycles. The minimum absolute atomic E-state index is 0.0276. The van der Waals surface area contributed by atoms with E-state index in [1.54, 1.807) is 25.2 Å². The van der Waals surface area contributed by atoms with Crippen molar-refractivity contribution in [2.75, 3.05) is 28.4 Å². The Morgan fingerprint density at radius 3 is 2.30 bits per heavy atom. The summed E-state index contributed by atoms with van der Waals surface area (Å²) < 4.78 is 14.8. The molecule has 110 valence electrons. The van der Waals surface area contributed by atoms with Crippen LogP contribution in [-0.4, -0.2) is 46.2 Å². The molecule has 1 aromatic rings. The van der Waals surface area contributed by atoms with Gasteiger partial charge in [0.2, 0.25) is 0 Å². The fraction of sp³-hybridized carbons (Fsp3) is 0.429. The van der Waals surface area contributed by atoms with E-state index in [1.165, 1.54) is 21.3 Å². The van der Waals surface area contributed by atoms with Crippen LogP contribution in [0.1, 0.15) is 16.8 Å². The Morgan fingerprint density at radius 2 is 1.80 bits per heavy atom. The van der Waals surface area contributed by atoms with Crippen LogP contribution in [-0.2, 0) is 9.53 Å². The molecule has 0 amide bonds. The molecule has 6 nitrogen and oxygen atoms in total. The molecule has 1 atom stereocenters. The maximum Gasteiger partial charge on any atom is 0.307 e. The van der Waals surface area contributed by atoms with Crippen LogP contribution in [0.3, 0.4) is 0 Å². The predicted octanol–water partition coefficient (Wildman–Crippen LogP) is 1.04. The molecule has 0 bridgehead atoms. The summed E-state index contributed by atoms with van der Waals surface area (Å²) in [6, 6.07) is 4.23. The zero-order valence-corrected chi connectivity index (χ0v) is 12.1. The third-order valence-corrected chi connectivity index (χ3v) is 2.93. The molecule has 0 aliphatic carbocycles. The van der Waals surface area contributed by atoms with Crippen LogP contribution in [0.5, 0.6) is 11.5 Å². The molecule has 1 aromatic carbocycles. The van der Waals surface area contributed by atoms with Gasteiger partial charge in [-0.3, -0.25) is 9.59 Å². The number of Topliss-reactive ketones (excluding diaryl/α,β-unsaturated/α-hetero) is 1. The summed E-state index contributed by atoms with van der Waals surface area (Å²) in [5.41, 5.74) is 0.436.